The van der Waals surface area contributed by atoms with E-state index in [0.717, 1.165) is 62.0 Å². The predicted octanol–water partition coefficient (Wildman–Crippen LogP) is 3.40. The number of aryl methyl sites for hydroxylation is 2. The van der Waals surface area contributed by atoms with Gasteiger partial charge < -0.3 is 9.88 Å². The van der Waals surface area contributed by atoms with Gasteiger partial charge in [-0.2, -0.15) is 0 Å². The lowest BCUT2D eigenvalue weighted by Gasteiger charge is -2.34. The number of pyridine rings is 1. The molecule has 2 saturated heterocycles. The van der Waals surface area contributed by atoms with Gasteiger partial charge in [0.05, 0.1) is 0 Å². The summed E-state index contributed by atoms with van der Waals surface area (Å²) in [7, 11) is 0. The smallest absolute Gasteiger partial charge is 0.270 e. The van der Waals surface area contributed by atoms with E-state index in [2.05, 4.69) is 31.9 Å². The Balaban J connectivity index is 1.29. The molecule has 4 heterocycles. The zero-order valence-corrected chi connectivity index (χ0v) is 16.4. The fourth-order valence-electron chi connectivity index (χ4n) is 4.80. The molecule has 1 amide bonds. The van der Waals surface area contributed by atoms with Crippen molar-refractivity contribution in [1.29, 1.82) is 0 Å². The van der Waals surface area contributed by atoms with E-state index in [1.807, 2.05) is 32.3 Å². The van der Waals surface area contributed by atoms with Crippen molar-refractivity contribution in [2.45, 2.75) is 39.7 Å². The van der Waals surface area contributed by atoms with E-state index in [-0.39, 0.29) is 5.91 Å². The van der Waals surface area contributed by atoms with E-state index in [4.69, 9.17) is 0 Å². The van der Waals surface area contributed by atoms with Crippen molar-refractivity contribution < 1.29 is 4.79 Å². The lowest BCUT2D eigenvalue weighted by molar-refractivity contribution is 0.0767. The highest BCUT2D eigenvalue weighted by molar-refractivity contribution is 5.94. The van der Waals surface area contributed by atoms with Gasteiger partial charge in [-0.05, 0) is 81.3 Å². The largest absolute Gasteiger partial charge is 0.354 e. The molecule has 27 heavy (non-hydrogen) atoms. The molecule has 1 N–H and O–H groups in total. The second-order valence-corrected chi connectivity index (χ2v) is 8.29. The van der Waals surface area contributed by atoms with E-state index in [9.17, 15) is 4.79 Å². The summed E-state index contributed by atoms with van der Waals surface area (Å²) in [5.41, 5.74) is 4.20. The maximum absolute atomic E-state index is 12.8. The number of nitrogens with one attached hydrogen (secondary N) is 1. The molecule has 2 aromatic rings. The first-order valence-corrected chi connectivity index (χ1v) is 10.2. The Morgan fingerprint density at radius 3 is 2.63 bits per heavy atom. The molecule has 0 unspecified atom stereocenters. The van der Waals surface area contributed by atoms with Crippen LogP contribution in [0.15, 0.2) is 30.6 Å². The fourth-order valence-corrected chi connectivity index (χ4v) is 4.80. The molecule has 5 heteroatoms. The van der Waals surface area contributed by atoms with Gasteiger partial charge in [-0.25, -0.2) is 0 Å². The summed E-state index contributed by atoms with van der Waals surface area (Å²) >= 11 is 0. The zero-order chi connectivity index (χ0) is 18.8. The van der Waals surface area contributed by atoms with Crippen LogP contribution >= 0.6 is 0 Å². The molecule has 0 aliphatic carbocycles. The first-order valence-electron chi connectivity index (χ1n) is 10.2. The number of hydrogen-bond acceptors (Lipinski definition) is 3. The molecule has 0 saturated carbocycles. The van der Waals surface area contributed by atoms with Gasteiger partial charge in [0, 0.05) is 37.7 Å². The molecule has 2 aromatic heterocycles. The minimum Gasteiger partial charge on any atom is -0.354 e. The number of aromatic nitrogens is 2. The number of H-pyrrole nitrogens is 1. The molecule has 0 aromatic carbocycles. The summed E-state index contributed by atoms with van der Waals surface area (Å²) < 4.78 is 0. The standard InChI is InChI=1S/C22H30N4O/c1-16-12-17(2)24-21(16)22(27)26-11-7-20(15-26)19-5-9-25(10-6-19)14-18-4-3-8-23-13-18/h3-4,8,12-13,19-20,24H,5-7,9-11,14-15H2,1-2H3/t20-/m0/s1. The third-order valence-electron chi connectivity index (χ3n) is 6.30. The van der Waals surface area contributed by atoms with Crippen LogP contribution in [-0.2, 0) is 6.54 Å². The van der Waals surface area contributed by atoms with Crippen LogP contribution in [0, 0.1) is 25.7 Å². The number of likely N-dealkylation sites (tertiary alicyclic amines) is 2. The highest BCUT2D eigenvalue weighted by atomic mass is 16.2. The number of hydrogen-bond donors (Lipinski definition) is 1. The predicted molar refractivity (Wildman–Crippen MR) is 107 cm³/mol. The Kier molecular flexibility index (Phi) is 5.30. The van der Waals surface area contributed by atoms with Crippen LogP contribution < -0.4 is 0 Å². The average molecular weight is 367 g/mol. The molecule has 0 radical (unpaired) electrons. The van der Waals surface area contributed by atoms with Crippen molar-refractivity contribution in [1.82, 2.24) is 19.8 Å². The van der Waals surface area contributed by atoms with Gasteiger partial charge >= 0.3 is 0 Å². The Morgan fingerprint density at radius 1 is 1.19 bits per heavy atom. The van der Waals surface area contributed by atoms with Crippen molar-refractivity contribution in [2.24, 2.45) is 11.8 Å². The van der Waals surface area contributed by atoms with E-state index >= 15 is 0 Å². The molecule has 5 nitrogen and oxygen atoms in total. The zero-order valence-electron chi connectivity index (χ0n) is 16.4. The van der Waals surface area contributed by atoms with Crippen molar-refractivity contribution in [2.75, 3.05) is 26.2 Å². The molecule has 2 aliphatic rings. The highest BCUT2D eigenvalue weighted by Gasteiger charge is 2.34. The van der Waals surface area contributed by atoms with Crippen molar-refractivity contribution in [3.05, 3.63) is 53.1 Å². The molecule has 0 bridgehead atoms. The number of carbonyl (C=O) groups excluding carboxylic acids is 1. The van der Waals surface area contributed by atoms with E-state index in [1.165, 1.54) is 18.4 Å². The first-order chi connectivity index (χ1) is 13.1. The molecule has 1 atom stereocenters. The quantitative estimate of drug-likeness (QED) is 0.902. The monoisotopic (exact) mass is 366 g/mol. The number of piperidine rings is 1. The molecule has 0 spiro atoms. The lowest BCUT2D eigenvalue weighted by Crippen LogP contribution is -2.37. The third-order valence-corrected chi connectivity index (χ3v) is 6.30. The molecule has 144 valence electrons. The van der Waals surface area contributed by atoms with Gasteiger partial charge in [0.15, 0.2) is 0 Å². The van der Waals surface area contributed by atoms with Crippen LogP contribution in [0.4, 0.5) is 0 Å². The minimum atomic E-state index is 0.178. The summed E-state index contributed by atoms with van der Waals surface area (Å²) in [4.78, 5) is 24.9. The van der Waals surface area contributed by atoms with Gasteiger partial charge in [0.25, 0.3) is 5.91 Å². The molecule has 2 aliphatic heterocycles. The summed E-state index contributed by atoms with van der Waals surface area (Å²) in [5.74, 6) is 1.59. The van der Waals surface area contributed by atoms with E-state index < -0.39 is 0 Å². The Bertz CT molecular complexity index is 777. The summed E-state index contributed by atoms with van der Waals surface area (Å²) in [6, 6.07) is 6.22. The van der Waals surface area contributed by atoms with Gasteiger partial charge in [-0.3, -0.25) is 14.7 Å². The molecule has 4 rings (SSSR count). The SMILES string of the molecule is Cc1cc(C)c(C(=O)N2CC[C@H](C3CCN(Cc4cccnc4)CC3)C2)[nH]1. The number of nitrogens with zero attached hydrogens (tertiary/aromatic N) is 3. The van der Waals surface area contributed by atoms with Crippen LogP contribution in [0.2, 0.25) is 0 Å². The van der Waals surface area contributed by atoms with Crippen LogP contribution in [0.25, 0.3) is 0 Å². The van der Waals surface area contributed by atoms with Gasteiger partial charge in [-0.15, -0.1) is 0 Å². The number of amides is 1. The molecular weight excluding hydrogens is 336 g/mol. The number of aromatic amines is 1. The maximum atomic E-state index is 12.8. The van der Waals surface area contributed by atoms with Crippen LogP contribution in [0.3, 0.4) is 0 Å². The van der Waals surface area contributed by atoms with Gasteiger partial charge in [0.2, 0.25) is 0 Å². The molecular formula is C22H30N4O. The normalized spacial score (nSPS) is 21.7. The fraction of sp³-hybridized carbons (Fsp3) is 0.545. The summed E-state index contributed by atoms with van der Waals surface area (Å²) in [5, 5.41) is 0. The first kappa shape index (κ1) is 18.2. The number of carbonyl (C=O) groups is 1. The topological polar surface area (TPSA) is 52.2 Å². The van der Waals surface area contributed by atoms with E-state index in [1.54, 1.807) is 0 Å². The Morgan fingerprint density at radius 2 is 1.96 bits per heavy atom. The summed E-state index contributed by atoms with van der Waals surface area (Å²) in [6.07, 6.45) is 7.44. The maximum Gasteiger partial charge on any atom is 0.270 e. The van der Waals surface area contributed by atoms with Crippen molar-refractivity contribution >= 4 is 5.91 Å². The Labute approximate surface area is 161 Å². The van der Waals surface area contributed by atoms with E-state index in [0.29, 0.717) is 5.92 Å². The average Bonchev–Trinajstić information content (AvgIpc) is 3.29. The molecule has 2 fully saturated rings. The third kappa shape index (κ3) is 4.08. The van der Waals surface area contributed by atoms with Crippen LogP contribution in [0.1, 0.15) is 46.6 Å². The minimum absolute atomic E-state index is 0.178. The van der Waals surface area contributed by atoms with Crippen LogP contribution in [0.5, 0.6) is 0 Å². The van der Waals surface area contributed by atoms with Crippen molar-refractivity contribution in [3.8, 4) is 0 Å². The second kappa shape index (κ2) is 7.85. The summed E-state index contributed by atoms with van der Waals surface area (Å²) in [6.45, 7) is 9.15. The Hall–Kier alpha value is -2.14. The van der Waals surface area contributed by atoms with Crippen LogP contribution in [-0.4, -0.2) is 51.9 Å². The van der Waals surface area contributed by atoms with Gasteiger partial charge in [-0.1, -0.05) is 6.07 Å². The van der Waals surface area contributed by atoms with Gasteiger partial charge in [0.1, 0.15) is 5.69 Å². The highest BCUT2D eigenvalue weighted by Crippen LogP contribution is 2.33. The lowest BCUT2D eigenvalue weighted by atomic mass is 9.83. The second-order valence-electron chi connectivity index (χ2n) is 8.29. The van der Waals surface area contributed by atoms with Crippen molar-refractivity contribution in [3.63, 3.8) is 0 Å². The number of rotatable bonds is 4.